The number of allylic oxidation sites excluding steroid dienone is 2. The van der Waals surface area contributed by atoms with E-state index in [0.717, 1.165) is 4.47 Å². The summed E-state index contributed by atoms with van der Waals surface area (Å²) in [7, 11) is 0. The largest absolute Gasteiger partial charge is 0.294 e. The molecule has 0 saturated carbocycles. The first-order valence-electron chi connectivity index (χ1n) is 8.62. The molecule has 1 aromatic heterocycles. The normalized spacial score (nSPS) is 20.1. The number of amides is 1. The van der Waals surface area contributed by atoms with E-state index < -0.39 is 11.7 Å². The maximum Gasteiger partial charge on any atom is 0.233 e. The van der Waals surface area contributed by atoms with Crippen LogP contribution in [0.5, 0.6) is 0 Å². The third kappa shape index (κ3) is 3.21. The zero-order chi connectivity index (χ0) is 19.1. The SMILES string of the molecule is O=C1CCCC2=C1C(c1c(F)cccc1Cl)CC(=O)N2c1ccc(Br)cn1. The van der Waals surface area contributed by atoms with Gasteiger partial charge in [0.05, 0.1) is 0 Å². The molecule has 2 aliphatic rings. The van der Waals surface area contributed by atoms with Crippen LogP contribution in [0.1, 0.15) is 37.2 Å². The van der Waals surface area contributed by atoms with Crippen molar-refractivity contribution in [2.75, 3.05) is 4.90 Å². The summed E-state index contributed by atoms with van der Waals surface area (Å²) in [4.78, 5) is 31.6. The van der Waals surface area contributed by atoms with Gasteiger partial charge < -0.3 is 0 Å². The van der Waals surface area contributed by atoms with Crippen LogP contribution in [-0.4, -0.2) is 16.7 Å². The van der Waals surface area contributed by atoms with Crippen LogP contribution in [0.15, 0.2) is 52.3 Å². The summed E-state index contributed by atoms with van der Waals surface area (Å²) in [5.41, 5.74) is 1.32. The molecule has 0 saturated heterocycles. The maximum absolute atomic E-state index is 14.6. The lowest BCUT2D eigenvalue weighted by atomic mass is 9.77. The van der Waals surface area contributed by atoms with Gasteiger partial charge in [-0.2, -0.15) is 0 Å². The van der Waals surface area contributed by atoms with Crippen molar-refractivity contribution in [3.63, 3.8) is 0 Å². The van der Waals surface area contributed by atoms with Gasteiger partial charge in [0.25, 0.3) is 0 Å². The summed E-state index contributed by atoms with van der Waals surface area (Å²) in [6.45, 7) is 0. The summed E-state index contributed by atoms with van der Waals surface area (Å²) in [6.07, 6.45) is 3.18. The smallest absolute Gasteiger partial charge is 0.233 e. The summed E-state index contributed by atoms with van der Waals surface area (Å²) < 4.78 is 15.3. The fraction of sp³-hybridized carbons (Fsp3) is 0.250. The van der Waals surface area contributed by atoms with Gasteiger partial charge in [0.2, 0.25) is 5.91 Å². The van der Waals surface area contributed by atoms with Gasteiger partial charge in [0.15, 0.2) is 5.78 Å². The van der Waals surface area contributed by atoms with Crippen LogP contribution in [0.3, 0.4) is 0 Å². The molecule has 1 aliphatic heterocycles. The number of rotatable bonds is 2. The zero-order valence-electron chi connectivity index (χ0n) is 14.2. The van der Waals surface area contributed by atoms with E-state index in [1.54, 1.807) is 24.4 Å². The molecule has 1 atom stereocenters. The Morgan fingerprint density at radius 1 is 1.19 bits per heavy atom. The van der Waals surface area contributed by atoms with Crippen LogP contribution in [0.4, 0.5) is 10.2 Å². The minimum Gasteiger partial charge on any atom is -0.294 e. The second-order valence-electron chi connectivity index (χ2n) is 6.59. The van der Waals surface area contributed by atoms with Gasteiger partial charge in [0, 0.05) is 51.3 Å². The predicted octanol–water partition coefficient (Wildman–Crippen LogP) is 5.16. The number of Topliss-reactive ketones (excluding diaryl/α,β-unsaturated/α-hetero) is 1. The van der Waals surface area contributed by atoms with Crippen molar-refractivity contribution in [3.8, 4) is 0 Å². The molecule has 0 N–H and O–H groups in total. The highest BCUT2D eigenvalue weighted by Gasteiger charge is 2.41. The molecule has 1 amide bonds. The number of carbonyl (C=O) groups excluding carboxylic acids is 2. The quantitative estimate of drug-likeness (QED) is 0.636. The van der Waals surface area contributed by atoms with Crippen molar-refractivity contribution >= 4 is 45.0 Å². The Hall–Kier alpha value is -2.05. The highest BCUT2D eigenvalue weighted by Crippen LogP contribution is 2.45. The van der Waals surface area contributed by atoms with Crippen LogP contribution in [0, 0.1) is 5.82 Å². The zero-order valence-corrected chi connectivity index (χ0v) is 16.6. The lowest BCUT2D eigenvalue weighted by Gasteiger charge is -2.38. The molecule has 1 aromatic carbocycles. The van der Waals surface area contributed by atoms with Crippen molar-refractivity contribution in [1.29, 1.82) is 0 Å². The second kappa shape index (κ2) is 7.17. The maximum atomic E-state index is 14.6. The van der Waals surface area contributed by atoms with Crippen molar-refractivity contribution in [2.45, 2.75) is 31.6 Å². The first-order valence-corrected chi connectivity index (χ1v) is 9.79. The number of hydrogen-bond donors (Lipinski definition) is 0. The van der Waals surface area contributed by atoms with Gasteiger partial charge in [-0.05, 0) is 53.0 Å². The first-order chi connectivity index (χ1) is 13.0. The van der Waals surface area contributed by atoms with E-state index >= 15 is 0 Å². The Balaban J connectivity index is 1.90. The summed E-state index contributed by atoms with van der Waals surface area (Å²) in [5, 5.41) is 0.230. The Labute approximate surface area is 169 Å². The molecule has 0 spiro atoms. The van der Waals surface area contributed by atoms with Gasteiger partial charge in [-0.1, -0.05) is 17.7 Å². The molecular formula is C20H15BrClFN2O2. The molecule has 27 heavy (non-hydrogen) atoms. The minimum absolute atomic E-state index is 0.0248. The van der Waals surface area contributed by atoms with Gasteiger partial charge in [0.1, 0.15) is 11.6 Å². The lowest BCUT2D eigenvalue weighted by Crippen LogP contribution is -2.41. The molecule has 4 rings (SSSR count). The van der Waals surface area contributed by atoms with Crippen LogP contribution in [0.2, 0.25) is 5.02 Å². The molecule has 2 aromatic rings. The van der Waals surface area contributed by atoms with Crippen molar-refractivity contribution in [1.82, 2.24) is 4.98 Å². The average Bonchev–Trinajstić information content (AvgIpc) is 2.63. The standard InChI is InChI=1S/C20H15BrClFN2O2/c21-11-7-8-17(24-10-11)25-15-5-2-6-16(26)20(15)12(9-18(25)27)19-13(22)3-1-4-14(19)23/h1,3-4,7-8,10,12H,2,5-6,9H2. The number of halogens is 3. The number of ketones is 1. The van der Waals surface area contributed by atoms with Crippen molar-refractivity contribution in [2.24, 2.45) is 0 Å². The van der Waals surface area contributed by atoms with Crippen LogP contribution in [0.25, 0.3) is 0 Å². The van der Waals surface area contributed by atoms with E-state index in [-0.39, 0.29) is 28.7 Å². The fourth-order valence-corrected chi connectivity index (χ4v) is 4.38. The molecule has 7 heteroatoms. The second-order valence-corrected chi connectivity index (χ2v) is 7.92. The molecule has 0 fully saturated rings. The van der Waals surface area contributed by atoms with E-state index in [9.17, 15) is 14.0 Å². The minimum atomic E-state index is -0.666. The number of aromatic nitrogens is 1. The van der Waals surface area contributed by atoms with E-state index in [4.69, 9.17) is 11.6 Å². The number of carbonyl (C=O) groups is 2. The third-order valence-electron chi connectivity index (χ3n) is 4.96. The Kier molecular flexibility index (Phi) is 4.86. The Morgan fingerprint density at radius 3 is 2.70 bits per heavy atom. The van der Waals surface area contributed by atoms with Crippen molar-refractivity contribution < 1.29 is 14.0 Å². The van der Waals surface area contributed by atoms with E-state index in [0.29, 0.717) is 36.4 Å². The Morgan fingerprint density at radius 2 is 2.00 bits per heavy atom. The molecule has 4 nitrogen and oxygen atoms in total. The number of benzene rings is 1. The topological polar surface area (TPSA) is 50.3 Å². The first kappa shape index (κ1) is 18.3. The number of nitrogens with zero attached hydrogens (tertiary/aromatic N) is 2. The fourth-order valence-electron chi connectivity index (χ4n) is 3.85. The molecule has 138 valence electrons. The summed E-state index contributed by atoms with van der Waals surface area (Å²) in [6, 6.07) is 7.92. The average molecular weight is 450 g/mol. The van der Waals surface area contributed by atoms with Gasteiger partial charge in [-0.25, -0.2) is 9.37 Å². The number of anilines is 1. The van der Waals surface area contributed by atoms with E-state index in [1.807, 2.05) is 0 Å². The Bertz CT molecular complexity index is 954. The monoisotopic (exact) mass is 448 g/mol. The van der Waals surface area contributed by atoms with Gasteiger partial charge in [-0.3, -0.25) is 14.5 Å². The predicted molar refractivity (Wildman–Crippen MR) is 104 cm³/mol. The lowest BCUT2D eigenvalue weighted by molar-refractivity contribution is -0.120. The number of pyridine rings is 1. The van der Waals surface area contributed by atoms with Gasteiger partial charge in [-0.15, -0.1) is 0 Å². The number of hydrogen-bond acceptors (Lipinski definition) is 3. The molecular weight excluding hydrogens is 435 g/mol. The highest BCUT2D eigenvalue weighted by atomic mass is 79.9. The van der Waals surface area contributed by atoms with Crippen LogP contribution in [-0.2, 0) is 9.59 Å². The van der Waals surface area contributed by atoms with Crippen molar-refractivity contribution in [3.05, 3.63) is 68.7 Å². The van der Waals surface area contributed by atoms with E-state index in [2.05, 4.69) is 20.9 Å². The van der Waals surface area contributed by atoms with Gasteiger partial charge >= 0.3 is 0 Å². The third-order valence-corrected chi connectivity index (χ3v) is 5.76. The summed E-state index contributed by atoms with van der Waals surface area (Å²) in [5.74, 6) is -0.984. The molecule has 2 heterocycles. The molecule has 0 bridgehead atoms. The van der Waals surface area contributed by atoms with E-state index in [1.165, 1.54) is 17.0 Å². The molecule has 1 unspecified atom stereocenters. The highest BCUT2D eigenvalue weighted by molar-refractivity contribution is 9.10. The summed E-state index contributed by atoms with van der Waals surface area (Å²) >= 11 is 9.57. The molecule has 0 radical (unpaired) electrons. The van der Waals surface area contributed by atoms with Crippen LogP contribution < -0.4 is 4.90 Å². The molecule has 1 aliphatic carbocycles. The van der Waals surface area contributed by atoms with Crippen LogP contribution >= 0.6 is 27.5 Å².